The minimum atomic E-state index is -0.199. The first-order chi connectivity index (χ1) is 11.6. The van der Waals surface area contributed by atoms with Crippen molar-refractivity contribution >= 4 is 41.6 Å². The smallest absolute Gasteiger partial charge is 0.320 e. The van der Waals surface area contributed by atoms with E-state index < -0.39 is 0 Å². The number of hydrogen-bond donors (Lipinski definition) is 0. The number of carbonyl (C=O) groups excluding carboxylic acids is 1. The van der Waals surface area contributed by atoms with E-state index in [1.807, 2.05) is 12.1 Å². The largest absolute Gasteiger partial charge is 0.468 e. The number of rotatable bonds is 4. The molecule has 1 aliphatic heterocycles. The van der Waals surface area contributed by atoms with Crippen LogP contribution in [0.5, 0.6) is 0 Å². The number of carbonyl (C=O) groups is 1. The maximum Gasteiger partial charge on any atom is 0.320 e. The highest BCUT2D eigenvalue weighted by molar-refractivity contribution is 8.00. The second-order valence-electron chi connectivity index (χ2n) is 5.28. The Morgan fingerprint density at radius 2 is 2.25 bits per heavy atom. The monoisotopic (exact) mass is 385 g/mol. The molecule has 24 heavy (non-hydrogen) atoms. The molecule has 0 spiro atoms. The number of methoxy groups -OCH3 is 1. The summed E-state index contributed by atoms with van der Waals surface area (Å²) in [5.41, 5.74) is 0.811. The summed E-state index contributed by atoms with van der Waals surface area (Å²) in [6, 6.07) is 7.21. The van der Waals surface area contributed by atoms with Crippen LogP contribution in [0.3, 0.4) is 0 Å². The van der Waals surface area contributed by atoms with E-state index in [0.717, 1.165) is 17.9 Å². The molecule has 1 saturated heterocycles. The molecule has 1 aliphatic rings. The van der Waals surface area contributed by atoms with Crippen molar-refractivity contribution in [3.63, 3.8) is 0 Å². The van der Waals surface area contributed by atoms with Crippen LogP contribution in [-0.2, 0) is 16.2 Å². The van der Waals surface area contributed by atoms with Crippen LogP contribution in [0, 0.1) is 4.84 Å². The van der Waals surface area contributed by atoms with Gasteiger partial charge in [-0.15, -0.1) is 16.9 Å². The molecule has 0 aliphatic carbocycles. The summed E-state index contributed by atoms with van der Waals surface area (Å²) in [7, 11) is 1.41. The van der Waals surface area contributed by atoms with E-state index in [9.17, 15) is 4.79 Å². The number of thioether (sulfide) groups is 1. The lowest BCUT2D eigenvalue weighted by Crippen LogP contribution is -2.42. The average Bonchev–Trinajstić information content (AvgIpc) is 2.95. The number of ether oxygens (including phenoxy) is 1. The third-order valence-electron chi connectivity index (χ3n) is 3.65. The Hall–Kier alpha value is -1.35. The highest BCUT2D eigenvalue weighted by atomic mass is 35.5. The number of hydrogen-bond acceptors (Lipinski definition) is 7. The van der Waals surface area contributed by atoms with Crippen LogP contribution < -0.4 is 0 Å². The van der Waals surface area contributed by atoms with Crippen LogP contribution in [-0.4, -0.2) is 51.9 Å². The predicted octanol–water partition coefficient (Wildman–Crippen LogP) is 3.07. The maximum absolute atomic E-state index is 11.7. The maximum atomic E-state index is 11.7. The van der Waals surface area contributed by atoms with Gasteiger partial charge in [-0.3, -0.25) is 9.69 Å². The topological polar surface area (TPSA) is 60.5 Å². The molecule has 2 heterocycles. The van der Waals surface area contributed by atoms with Crippen molar-refractivity contribution in [2.24, 2.45) is 0 Å². The Morgan fingerprint density at radius 3 is 2.96 bits per heavy atom. The molecule has 6 nitrogen and oxygen atoms in total. The number of esters is 1. The Morgan fingerprint density at radius 1 is 1.50 bits per heavy atom. The Labute approximate surface area is 153 Å². The van der Waals surface area contributed by atoms with Crippen LogP contribution in [0.15, 0.2) is 28.7 Å². The SMILES string of the molecule is COC(=O)[C@@H]1CN(Cn2nc(-c3ccc(Cl)cc3)oc2=S)CCS1. The van der Waals surface area contributed by atoms with Crippen molar-refractivity contribution in [2.75, 3.05) is 26.0 Å². The van der Waals surface area contributed by atoms with Crippen LogP contribution in [0.1, 0.15) is 0 Å². The summed E-state index contributed by atoms with van der Waals surface area (Å²) in [5.74, 6) is 1.11. The highest BCUT2D eigenvalue weighted by Crippen LogP contribution is 2.22. The number of benzene rings is 1. The van der Waals surface area contributed by atoms with E-state index in [4.69, 9.17) is 33.0 Å². The van der Waals surface area contributed by atoms with E-state index >= 15 is 0 Å². The lowest BCUT2D eigenvalue weighted by atomic mass is 10.2. The lowest BCUT2D eigenvalue weighted by Gasteiger charge is -2.30. The molecule has 9 heteroatoms. The van der Waals surface area contributed by atoms with Gasteiger partial charge >= 0.3 is 5.97 Å². The fraction of sp³-hybridized carbons (Fsp3) is 0.400. The van der Waals surface area contributed by atoms with Gasteiger partial charge in [0.15, 0.2) is 0 Å². The third kappa shape index (κ3) is 4.00. The summed E-state index contributed by atoms with van der Waals surface area (Å²) < 4.78 is 12.0. The molecule has 2 aromatic rings. The van der Waals surface area contributed by atoms with Gasteiger partial charge in [0.05, 0.1) is 13.8 Å². The summed E-state index contributed by atoms with van der Waals surface area (Å²) >= 11 is 12.8. The van der Waals surface area contributed by atoms with Gasteiger partial charge in [0.1, 0.15) is 5.25 Å². The predicted molar refractivity (Wildman–Crippen MR) is 95.6 cm³/mol. The molecule has 1 fully saturated rings. The van der Waals surface area contributed by atoms with Crippen molar-refractivity contribution in [2.45, 2.75) is 11.9 Å². The molecule has 3 rings (SSSR count). The minimum absolute atomic E-state index is 0.180. The van der Waals surface area contributed by atoms with Crippen LogP contribution in [0.4, 0.5) is 0 Å². The molecular weight excluding hydrogens is 370 g/mol. The average molecular weight is 386 g/mol. The fourth-order valence-corrected chi connectivity index (χ4v) is 3.90. The highest BCUT2D eigenvalue weighted by Gasteiger charge is 2.27. The molecule has 128 valence electrons. The zero-order valence-electron chi connectivity index (χ0n) is 13.0. The van der Waals surface area contributed by atoms with Gasteiger partial charge in [-0.05, 0) is 36.5 Å². The van der Waals surface area contributed by atoms with Crippen molar-refractivity contribution in [1.82, 2.24) is 14.7 Å². The Balaban J connectivity index is 1.73. The van der Waals surface area contributed by atoms with Gasteiger partial charge in [0.2, 0.25) is 5.89 Å². The summed E-state index contributed by atoms with van der Waals surface area (Å²) in [6.45, 7) is 1.93. The first-order valence-corrected chi connectivity index (χ1v) is 9.16. The quantitative estimate of drug-likeness (QED) is 0.592. The molecule has 0 radical (unpaired) electrons. The molecule has 0 amide bonds. The third-order valence-corrected chi connectivity index (χ3v) is 5.35. The molecule has 0 N–H and O–H groups in total. The number of halogens is 1. The molecule has 1 aromatic carbocycles. The van der Waals surface area contributed by atoms with E-state index in [-0.39, 0.29) is 11.2 Å². The van der Waals surface area contributed by atoms with Crippen LogP contribution >= 0.6 is 35.6 Å². The van der Waals surface area contributed by atoms with Gasteiger partial charge in [-0.2, -0.15) is 0 Å². The Bertz CT molecular complexity index is 775. The first-order valence-electron chi connectivity index (χ1n) is 7.32. The zero-order chi connectivity index (χ0) is 17.1. The van der Waals surface area contributed by atoms with Crippen LogP contribution in [0.25, 0.3) is 11.5 Å². The second kappa shape index (κ2) is 7.69. The molecule has 1 aromatic heterocycles. The second-order valence-corrected chi connectivity index (χ2v) is 7.38. The fourth-order valence-electron chi connectivity index (χ4n) is 2.40. The van der Waals surface area contributed by atoms with Crippen molar-refractivity contribution in [3.05, 3.63) is 34.1 Å². The molecule has 0 saturated carbocycles. The van der Waals surface area contributed by atoms with E-state index in [1.54, 1.807) is 28.6 Å². The van der Waals surface area contributed by atoms with E-state index in [0.29, 0.717) is 29.0 Å². The summed E-state index contributed by atoms with van der Waals surface area (Å²) in [6.07, 6.45) is 0. The summed E-state index contributed by atoms with van der Waals surface area (Å²) in [4.78, 5) is 14.1. The zero-order valence-corrected chi connectivity index (χ0v) is 15.4. The van der Waals surface area contributed by atoms with Crippen molar-refractivity contribution < 1.29 is 13.9 Å². The van der Waals surface area contributed by atoms with Gasteiger partial charge in [-0.25, -0.2) is 4.68 Å². The van der Waals surface area contributed by atoms with Crippen molar-refractivity contribution in [3.8, 4) is 11.5 Å². The number of aromatic nitrogens is 2. The standard InChI is InChI=1S/C15H16ClN3O3S2/c1-21-14(20)12-8-18(6-7-24-12)9-19-15(23)22-13(17-19)10-2-4-11(16)5-3-10/h2-5,12H,6-9H2,1H3/t12-/m0/s1. The first kappa shape index (κ1) is 17.5. The number of nitrogens with zero attached hydrogens (tertiary/aromatic N) is 3. The van der Waals surface area contributed by atoms with Gasteiger partial charge in [-0.1, -0.05) is 11.6 Å². The normalized spacial score (nSPS) is 18.5. The summed E-state index contributed by atoms with van der Waals surface area (Å²) in [5, 5.41) is 4.90. The lowest BCUT2D eigenvalue weighted by molar-refractivity contribution is -0.140. The molecule has 0 bridgehead atoms. The Kier molecular flexibility index (Phi) is 5.60. The van der Waals surface area contributed by atoms with Crippen molar-refractivity contribution in [1.29, 1.82) is 0 Å². The minimum Gasteiger partial charge on any atom is -0.468 e. The van der Waals surface area contributed by atoms with E-state index in [2.05, 4.69) is 10.00 Å². The molecule has 1 atom stereocenters. The molecule has 0 unspecified atom stereocenters. The van der Waals surface area contributed by atoms with E-state index in [1.165, 1.54) is 7.11 Å². The van der Waals surface area contributed by atoms with Gasteiger partial charge in [0.25, 0.3) is 4.84 Å². The van der Waals surface area contributed by atoms with Gasteiger partial charge in [0, 0.05) is 29.4 Å². The van der Waals surface area contributed by atoms with Crippen LogP contribution in [0.2, 0.25) is 5.02 Å². The molecular formula is C15H16ClN3O3S2. The van der Waals surface area contributed by atoms with Gasteiger partial charge < -0.3 is 9.15 Å².